The number of hydrogen-bond acceptors (Lipinski definition) is 6. The first-order valence-corrected chi connectivity index (χ1v) is 9.31. The van der Waals surface area contributed by atoms with Crippen LogP contribution in [0.5, 0.6) is 0 Å². The number of rotatable bonds is 5. The molecule has 4 heterocycles. The van der Waals surface area contributed by atoms with Gasteiger partial charge in [0.05, 0.1) is 19.3 Å². The molecule has 1 saturated heterocycles. The van der Waals surface area contributed by atoms with Crippen LogP contribution in [0.25, 0.3) is 0 Å². The highest BCUT2D eigenvalue weighted by Gasteiger charge is 2.27. The zero-order valence-electron chi connectivity index (χ0n) is 15.1. The number of carbonyl (C=O) groups excluding carboxylic acids is 1. The summed E-state index contributed by atoms with van der Waals surface area (Å²) in [5, 5.41) is 11.3. The van der Waals surface area contributed by atoms with Crippen LogP contribution >= 0.6 is 0 Å². The minimum atomic E-state index is -0.174. The average Bonchev–Trinajstić information content (AvgIpc) is 3.29. The molecule has 8 nitrogen and oxygen atoms in total. The van der Waals surface area contributed by atoms with Gasteiger partial charge in [-0.3, -0.25) is 9.69 Å². The number of nitrogens with one attached hydrogen (secondary N) is 1. The maximum Gasteiger partial charge on any atom is 0.289 e. The molecule has 0 radical (unpaired) electrons. The Morgan fingerprint density at radius 3 is 2.85 bits per heavy atom. The van der Waals surface area contributed by atoms with E-state index in [9.17, 15) is 4.79 Å². The lowest BCUT2D eigenvalue weighted by molar-refractivity contribution is 0.0116. The van der Waals surface area contributed by atoms with Gasteiger partial charge < -0.3 is 19.0 Å². The van der Waals surface area contributed by atoms with E-state index in [0.29, 0.717) is 25.6 Å². The van der Waals surface area contributed by atoms with Gasteiger partial charge in [-0.05, 0) is 31.9 Å². The maximum absolute atomic E-state index is 12.7. The minimum Gasteiger partial charge on any atom is -0.465 e. The van der Waals surface area contributed by atoms with E-state index in [1.54, 1.807) is 0 Å². The summed E-state index contributed by atoms with van der Waals surface area (Å²) in [7, 11) is 0. The minimum absolute atomic E-state index is 0.0136. The quantitative estimate of drug-likeness (QED) is 0.867. The summed E-state index contributed by atoms with van der Waals surface area (Å²) in [5.41, 5.74) is 0. The molecule has 8 heteroatoms. The highest BCUT2D eigenvalue weighted by atomic mass is 16.5. The third-order valence-corrected chi connectivity index (χ3v) is 5.09. The van der Waals surface area contributed by atoms with Gasteiger partial charge in [-0.15, -0.1) is 10.2 Å². The summed E-state index contributed by atoms with van der Waals surface area (Å²) in [6.45, 7) is 6.25. The zero-order valence-corrected chi connectivity index (χ0v) is 15.1. The molecule has 2 aliphatic heterocycles. The molecule has 1 N–H and O–H groups in total. The fraction of sp³-hybridized carbons (Fsp3) is 0.611. The van der Waals surface area contributed by atoms with Crippen molar-refractivity contribution in [2.24, 2.45) is 0 Å². The van der Waals surface area contributed by atoms with E-state index < -0.39 is 0 Å². The molecule has 0 spiro atoms. The third-order valence-electron chi connectivity index (χ3n) is 5.09. The van der Waals surface area contributed by atoms with Crippen LogP contribution in [-0.2, 0) is 17.7 Å². The predicted octanol–water partition coefficient (Wildman–Crippen LogP) is 1.32. The number of ether oxygens (including phenoxy) is 1. The van der Waals surface area contributed by atoms with Crippen molar-refractivity contribution < 1.29 is 13.9 Å². The van der Waals surface area contributed by atoms with E-state index in [-0.39, 0.29) is 11.9 Å². The largest absolute Gasteiger partial charge is 0.465 e. The molecule has 26 heavy (non-hydrogen) atoms. The van der Waals surface area contributed by atoms with Crippen LogP contribution in [0.15, 0.2) is 16.5 Å². The smallest absolute Gasteiger partial charge is 0.289 e. The molecule has 2 aromatic heterocycles. The van der Waals surface area contributed by atoms with Crippen LogP contribution in [0.2, 0.25) is 0 Å². The first kappa shape index (κ1) is 17.2. The summed E-state index contributed by atoms with van der Waals surface area (Å²) in [4.78, 5) is 15.0. The van der Waals surface area contributed by atoms with Crippen LogP contribution in [0.3, 0.4) is 0 Å². The van der Waals surface area contributed by atoms with Crippen molar-refractivity contribution in [3.63, 3.8) is 0 Å². The normalized spacial score (nSPS) is 19.1. The van der Waals surface area contributed by atoms with Crippen LogP contribution in [0, 0.1) is 6.92 Å². The second-order valence-corrected chi connectivity index (χ2v) is 6.87. The Labute approximate surface area is 152 Å². The fourth-order valence-electron chi connectivity index (χ4n) is 3.68. The predicted molar refractivity (Wildman–Crippen MR) is 93.9 cm³/mol. The molecular weight excluding hydrogens is 334 g/mol. The molecule has 0 aromatic carbocycles. The van der Waals surface area contributed by atoms with Gasteiger partial charge in [0.2, 0.25) is 5.82 Å². The lowest BCUT2D eigenvalue weighted by Gasteiger charge is -2.33. The summed E-state index contributed by atoms with van der Waals surface area (Å²) < 4.78 is 13.2. The summed E-state index contributed by atoms with van der Waals surface area (Å²) in [5.74, 6) is 2.89. The van der Waals surface area contributed by atoms with Gasteiger partial charge in [-0.1, -0.05) is 0 Å². The first-order chi connectivity index (χ1) is 12.7. The van der Waals surface area contributed by atoms with E-state index in [4.69, 9.17) is 9.15 Å². The Bertz CT molecular complexity index is 763. The fourth-order valence-corrected chi connectivity index (χ4v) is 3.68. The number of nitrogens with zero attached hydrogens (tertiary/aromatic N) is 4. The van der Waals surface area contributed by atoms with E-state index >= 15 is 0 Å². The number of amides is 1. The van der Waals surface area contributed by atoms with E-state index in [1.807, 2.05) is 23.6 Å². The van der Waals surface area contributed by atoms with Gasteiger partial charge in [-0.2, -0.15) is 0 Å². The van der Waals surface area contributed by atoms with Crippen LogP contribution in [-0.4, -0.2) is 58.4 Å². The SMILES string of the molecule is Cc1ccc([C@H](CNC(=O)c2nnc3n2CCCC3)N2CCOCC2)o1. The van der Waals surface area contributed by atoms with Crippen molar-refractivity contribution in [2.45, 2.75) is 38.8 Å². The van der Waals surface area contributed by atoms with Crippen molar-refractivity contribution in [1.29, 1.82) is 0 Å². The Morgan fingerprint density at radius 2 is 2.08 bits per heavy atom. The molecule has 0 saturated carbocycles. The molecule has 4 rings (SSSR count). The van der Waals surface area contributed by atoms with Crippen molar-refractivity contribution in [3.05, 3.63) is 35.3 Å². The number of fused-ring (bicyclic) bond motifs is 1. The van der Waals surface area contributed by atoms with E-state index in [2.05, 4.69) is 20.4 Å². The molecule has 140 valence electrons. The summed E-state index contributed by atoms with van der Waals surface area (Å²) in [6.07, 6.45) is 3.06. The Hall–Kier alpha value is -2.19. The van der Waals surface area contributed by atoms with Gasteiger partial charge in [0, 0.05) is 32.6 Å². The van der Waals surface area contributed by atoms with Crippen molar-refractivity contribution in [1.82, 2.24) is 25.0 Å². The molecule has 1 amide bonds. The number of carbonyl (C=O) groups is 1. The van der Waals surface area contributed by atoms with E-state index in [0.717, 1.165) is 56.2 Å². The van der Waals surface area contributed by atoms with Crippen molar-refractivity contribution in [2.75, 3.05) is 32.8 Å². The summed E-state index contributed by atoms with van der Waals surface area (Å²) >= 11 is 0. The Morgan fingerprint density at radius 1 is 1.23 bits per heavy atom. The van der Waals surface area contributed by atoms with Crippen LogP contribution in [0.4, 0.5) is 0 Å². The molecule has 0 aliphatic carbocycles. The molecule has 0 unspecified atom stereocenters. The molecule has 0 bridgehead atoms. The standard InChI is InChI=1S/C18H25N5O3/c1-13-5-6-15(26-13)14(22-8-10-25-11-9-22)12-19-18(24)17-21-20-16-4-2-3-7-23(16)17/h5-6,14H,2-4,7-12H2,1H3,(H,19,24)/t14-/m0/s1. The highest BCUT2D eigenvalue weighted by Crippen LogP contribution is 2.23. The van der Waals surface area contributed by atoms with E-state index in [1.165, 1.54) is 0 Å². The molecule has 1 atom stereocenters. The second kappa shape index (κ2) is 7.59. The number of aromatic nitrogens is 3. The number of furan rings is 1. The number of hydrogen-bond donors (Lipinski definition) is 1. The van der Waals surface area contributed by atoms with Gasteiger partial charge in [-0.25, -0.2) is 0 Å². The lowest BCUT2D eigenvalue weighted by atomic mass is 10.1. The lowest BCUT2D eigenvalue weighted by Crippen LogP contribution is -2.44. The molecule has 2 aliphatic rings. The van der Waals surface area contributed by atoms with Crippen molar-refractivity contribution in [3.8, 4) is 0 Å². The molecule has 1 fully saturated rings. The van der Waals surface area contributed by atoms with Gasteiger partial charge in [0.25, 0.3) is 5.91 Å². The van der Waals surface area contributed by atoms with Gasteiger partial charge in [0.1, 0.15) is 17.3 Å². The van der Waals surface area contributed by atoms with Gasteiger partial charge >= 0.3 is 0 Å². The topological polar surface area (TPSA) is 85.4 Å². The molecule has 2 aromatic rings. The second-order valence-electron chi connectivity index (χ2n) is 6.87. The average molecular weight is 359 g/mol. The van der Waals surface area contributed by atoms with Crippen LogP contribution < -0.4 is 5.32 Å². The first-order valence-electron chi connectivity index (χ1n) is 9.31. The number of aryl methyl sites for hydroxylation is 2. The zero-order chi connectivity index (χ0) is 17.9. The Kier molecular flexibility index (Phi) is 5.03. The maximum atomic E-state index is 12.7. The summed E-state index contributed by atoms with van der Waals surface area (Å²) in [6, 6.07) is 3.93. The van der Waals surface area contributed by atoms with Gasteiger partial charge in [0.15, 0.2) is 0 Å². The van der Waals surface area contributed by atoms with Crippen LogP contribution in [0.1, 0.15) is 46.8 Å². The highest BCUT2D eigenvalue weighted by molar-refractivity contribution is 5.90. The number of morpholine rings is 1. The monoisotopic (exact) mass is 359 g/mol. The third kappa shape index (κ3) is 3.52. The molecular formula is C18H25N5O3. The Balaban J connectivity index is 1.47. The van der Waals surface area contributed by atoms with Crippen molar-refractivity contribution >= 4 is 5.91 Å².